The summed E-state index contributed by atoms with van der Waals surface area (Å²) in [5.41, 5.74) is 2.46. The Hall–Kier alpha value is -0.860. The zero-order valence-electron chi connectivity index (χ0n) is 11.4. The van der Waals surface area contributed by atoms with Crippen LogP contribution in [0.5, 0.6) is 0 Å². The Kier molecular flexibility index (Phi) is 4.79. The molecule has 2 heteroatoms. The lowest BCUT2D eigenvalue weighted by Gasteiger charge is -2.26. The zero-order valence-corrected chi connectivity index (χ0v) is 11.4. The molecule has 0 heterocycles. The molecule has 0 aromatic heterocycles. The number of hydrogen-bond donors (Lipinski definition) is 1. The highest BCUT2D eigenvalue weighted by Gasteiger charge is 2.19. The van der Waals surface area contributed by atoms with Gasteiger partial charge in [-0.15, -0.1) is 0 Å². The summed E-state index contributed by atoms with van der Waals surface area (Å²) in [5.74, 6) is 1.15. The van der Waals surface area contributed by atoms with Gasteiger partial charge in [-0.3, -0.25) is 0 Å². The average Bonchev–Trinajstić information content (AvgIpc) is 2.27. The molecule has 0 amide bonds. The van der Waals surface area contributed by atoms with Crippen molar-refractivity contribution in [3.05, 3.63) is 35.4 Å². The minimum absolute atomic E-state index is 0.370. The Morgan fingerprint density at radius 2 is 1.94 bits per heavy atom. The first-order chi connectivity index (χ1) is 8.70. The Balaban J connectivity index is 1.91. The normalized spacial score (nSPS) is 19.3. The molecule has 0 saturated heterocycles. The van der Waals surface area contributed by atoms with Crippen LogP contribution >= 0.6 is 0 Å². The van der Waals surface area contributed by atoms with Crippen LogP contribution in [-0.4, -0.2) is 18.8 Å². The lowest BCUT2D eigenvalue weighted by molar-refractivity contribution is 0.102. The van der Waals surface area contributed by atoms with Crippen LogP contribution in [0.3, 0.4) is 0 Å². The van der Waals surface area contributed by atoms with E-state index in [1.165, 1.54) is 24.8 Å². The highest BCUT2D eigenvalue weighted by Crippen LogP contribution is 2.36. The summed E-state index contributed by atoms with van der Waals surface area (Å²) in [5, 5.41) is 10.2. The van der Waals surface area contributed by atoms with Crippen molar-refractivity contribution in [3.63, 3.8) is 0 Å². The summed E-state index contributed by atoms with van der Waals surface area (Å²) in [4.78, 5) is 0. The standard InChI is InChI=1S/C16H24O2/c1-12(11-18-2)10-16(17)15-8-6-14(7-9-15)13-4-3-5-13/h6-9,12-13,16-17H,3-5,10-11H2,1-2H3. The molecule has 0 aliphatic heterocycles. The van der Waals surface area contributed by atoms with Gasteiger partial charge in [0, 0.05) is 13.7 Å². The third kappa shape index (κ3) is 3.33. The molecule has 0 spiro atoms. The second kappa shape index (κ2) is 6.35. The molecule has 1 fully saturated rings. The van der Waals surface area contributed by atoms with Gasteiger partial charge in [0.05, 0.1) is 6.10 Å². The van der Waals surface area contributed by atoms with Crippen molar-refractivity contribution in [2.24, 2.45) is 5.92 Å². The van der Waals surface area contributed by atoms with Crippen LogP contribution in [0.15, 0.2) is 24.3 Å². The van der Waals surface area contributed by atoms with Gasteiger partial charge in [-0.25, -0.2) is 0 Å². The fourth-order valence-electron chi connectivity index (χ4n) is 2.60. The van der Waals surface area contributed by atoms with E-state index in [2.05, 4.69) is 31.2 Å². The van der Waals surface area contributed by atoms with E-state index in [1.54, 1.807) is 7.11 Å². The minimum Gasteiger partial charge on any atom is -0.388 e. The summed E-state index contributed by atoms with van der Waals surface area (Å²) < 4.78 is 5.10. The second-order valence-corrected chi connectivity index (χ2v) is 5.61. The quantitative estimate of drug-likeness (QED) is 0.832. The summed E-state index contributed by atoms with van der Waals surface area (Å²) in [6.07, 6.45) is 4.41. The molecule has 2 rings (SSSR count). The third-order valence-corrected chi connectivity index (χ3v) is 3.97. The molecule has 1 aliphatic carbocycles. The number of hydrogen-bond acceptors (Lipinski definition) is 2. The smallest absolute Gasteiger partial charge is 0.0793 e. The van der Waals surface area contributed by atoms with Gasteiger partial charge in [0.1, 0.15) is 0 Å². The lowest BCUT2D eigenvalue weighted by Crippen LogP contribution is -2.11. The van der Waals surface area contributed by atoms with Crippen molar-refractivity contribution >= 4 is 0 Å². The summed E-state index contributed by atoms with van der Waals surface area (Å²) in [6, 6.07) is 8.53. The van der Waals surface area contributed by atoms with Gasteiger partial charge in [-0.1, -0.05) is 37.6 Å². The van der Waals surface area contributed by atoms with E-state index in [0.29, 0.717) is 12.5 Å². The van der Waals surface area contributed by atoms with Crippen molar-refractivity contribution in [1.29, 1.82) is 0 Å². The Labute approximate surface area is 110 Å². The van der Waals surface area contributed by atoms with Crippen molar-refractivity contribution in [2.45, 2.75) is 44.6 Å². The minimum atomic E-state index is -0.370. The van der Waals surface area contributed by atoms with Crippen LogP contribution in [0.2, 0.25) is 0 Å². The molecule has 2 unspecified atom stereocenters. The molecule has 0 bridgehead atoms. The van der Waals surface area contributed by atoms with Crippen LogP contribution in [-0.2, 0) is 4.74 Å². The van der Waals surface area contributed by atoms with Gasteiger partial charge >= 0.3 is 0 Å². The monoisotopic (exact) mass is 248 g/mol. The van der Waals surface area contributed by atoms with Crippen LogP contribution in [0.1, 0.15) is 55.8 Å². The molecular weight excluding hydrogens is 224 g/mol. The second-order valence-electron chi connectivity index (χ2n) is 5.61. The fourth-order valence-corrected chi connectivity index (χ4v) is 2.60. The van der Waals surface area contributed by atoms with Crippen LogP contribution < -0.4 is 0 Å². The maximum atomic E-state index is 10.2. The van der Waals surface area contributed by atoms with Crippen molar-refractivity contribution in [3.8, 4) is 0 Å². The molecule has 2 nitrogen and oxygen atoms in total. The molecule has 2 atom stereocenters. The van der Waals surface area contributed by atoms with E-state index < -0.39 is 0 Å². The Morgan fingerprint density at radius 1 is 1.28 bits per heavy atom. The Morgan fingerprint density at radius 3 is 2.44 bits per heavy atom. The van der Waals surface area contributed by atoms with Gasteiger partial charge in [-0.05, 0) is 42.2 Å². The van der Waals surface area contributed by atoms with Gasteiger partial charge in [0.2, 0.25) is 0 Å². The predicted octanol–water partition coefficient (Wildman–Crippen LogP) is 3.66. The number of aliphatic hydroxyl groups is 1. The summed E-state index contributed by atoms with van der Waals surface area (Å²) >= 11 is 0. The van der Waals surface area contributed by atoms with Gasteiger partial charge in [-0.2, -0.15) is 0 Å². The van der Waals surface area contributed by atoms with Gasteiger partial charge in [0.25, 0.3) is 0 Å². The first-order valence-corrected chi connectivity index (χ1v) is 6.97. The largest absolute Gasteiger partial charge is 0.388 e. The van der Waals surface area contributed by atoms with E-state index >= 15 is 0 Å². The van der Waals surface area contributed by atoms with E-state index in [1.807, 2.05) is 0 Å². The molecule has 1 saturated carbocycles. The topological polar surface area (TPSA) is 29.5 Å². The molecular formula is C16H24O2. The maximum Gasteiger partial charge on any atom is 0.0793 e. The van der Waals surface area contributed by atoms with Gasteiger partial charge < -0.3 is 9.84 Å². The summed E-state index contributed by atoms with van der Waals surface area (Å²) in [7, 11) is 1.70. The molecule has 1 aromatic rings. The third-order valence-electron chi connectivity index (χ3n) is 3.97. The summed E-state index contributed by atoms with van der Waals surface area (Å²) in [6.45, 7) is 2.81. The van der Waals surface area contributed by atoms with E-state index in [-0.39, 0.29) is 6.10 Å². The fraction of sp³-hybridized carbons (Fsp3) is 0.625. The van der Waals surface area contributed by atoms with E-state index in [9.17, 15) is 5.11 Å². The number of rotatable bonds is 6. The SMILES string of the molecule is COCC(C)CC(O)c1ccc(C2CCC2)cc1. The molecule has 0 radical (unpaired) electrons. The molecule has 18 heavy (non-hydrogen) atoms. The number of ether oxygens (including phenoxy) is 1. The molecule has 1 N–H and O–H groups in total. The first-order valence-electron chi connectivity index (χ1n) is 6.97. The van der Waals surface area contributed by atoms with Crippen LogP contribution in [0.25, 0.3) is 0 Å². The van der Waals surface area contributed by atoms with Crippen molar-refractivity contribution < 1.29 is 9.84 Å². The van der Waals surface area contributed by atoms with Crippen LogP contribution in [0.4, 0.5) is 0 Å². The van der Waals surface area contributed by atoms with Crippen LogP contribution in [0, 0.1) is 5.92 Å². The average molecular weight is 248 g/mol. The molecule has 1 aliphatic rings. The number of methoxy groups -OCH3 is 1. The highest BCUT2D eigenvalue weighted by molar-refractivity contribution is 5.27. The highest BCUT2D eigenvalue weighted by atomic mass is 16.5. The first kappa shape index (κ1) is 13.6. The molecule has 100 valence electrons. The lowest BCUT2D eigenvalue weighted by atomic mass is 9.80. The van der Waals surface area contributed by atoms with E-state index in [4.69, 9.17) is 4.74 Å². The van der Waals surface area contributed by atoms with Crippen molar-refractivity contribution in [2.75, 3.05) is 13.7 Å². The zero-order chi connectivity index (χ0) is 13.0. The maximum absolute atomic E-state index is 10.2. The Bertz CT molecular complexity index is 354. The molecule has 1 aromatic carbocycles. The predicted molar refractivity (Wildman–Crippen MR) is 73.7 cm³/mol. The number of aliphatic hydroxyl groups excluding tert-OH is 1. The van der Waals surface area contributed by atoms with Crippen molar-refractivity contribution in [1.82, 2.24) is 0 Å². The number of benzene rings is 1. The van der Waals surface area contributed by atoms with E-state index in [0.717, 1.165) is 17.9 Å². The van der Waals surface area contributed by atoms with Gasteiger partial charge in [0.15, 0.2) is 0 Å².